The van der Waals surface area contributed by atoms with Crippen LogP contribution in [0.15, 0.2) is 73.3 Å². The van der Waals surface area contributed by atoms with Crippen molar-refractivity contribution in [2.24, 2.45) is 0 Å². The second kappa shape index (κ2) is 9.45. The molecule has 0 atom stereocenters. The molecule has 0 radical (unpaired) electrons. The summed E-state index contributed by atoms with van der Waals surface area (Å²) in [4.78, 5) is 16.0. The van der Waals surface area contributed by atoms with Crippen LogP contribution in [0, 0.1) is 0 Å². The van der Waals surface area contributed by atoms with Crippen LogP contribution in [0.25, 0.3) is 6.08 Å². The predicted octanol–water partition coefficient (Wildman–Crippen LogP) is 3.86. The van der Waals surface area contributed by atoms with Gasteiger partial charge >= 0.3 is 6.61 Å². The van der Waals surface area contributed by atoms with Crippen LogP contribution < -0.4 is 10.1 Å². The third-order valence-corrected chi connectivity index (χ3v) is 3.96. The number of para-hydroxylation sites is 1. The molecule has 1 amide bonds. The number of nitrogens with one attached hydrogen (secondary N) is 1. The Morgan fingerprint density at radius 2 is 1.89 bits per heavy atom. The number of amides is 1. The van der Waals surface area contributed by atoms with Crippen LogP contribution in [-0.2, 0) is 17.9 Å². The Morgan fingerprint density at radius 3 is 2.61 bits per heavy atom. The summed E-state index contributed by atoms with van der Waals surface area (Å²) in [6, 6.07) is 14.2. The fourth-order valence-corrected chi connectivity index (χ4v) is 2.59. The molecule has 1 N–H and O–H groups in total. The highest BCUT2D eigenvalue weighted by Crippen LogP contribution is 2.21. The van der Waals surface area contributed by atoms with E-state index in [4.69, 9.17) is 0 Å². The number of benzene rings is 2. The molecule has 0 aliphatic rings. The van der Waals surface area contributed by atoms with Crippen molar-refractivity contribution in [1.82, 2.24) is 14.9 Å². The van der Waals surface area contributed by atoms with E-state index in [-0.39, 0.29) is 11.7 Å². The Morgan fingerprint density at radius 1 is 1.14 bits per heavy atom. The molecule has 0 aliphatic carbocycles. The number of hydrogen-bond acceptors (Lipinski definition) is 3. The van der Waals surface area contributed by atoms with Gasteiger partial charge in [0.15, 0.2) is 0 Å². The summed E-state index contributed by atoms with van der Waals surface area (Å²) in [6.45, 7) is -1.82. The normalized spacial score (nSPS) is 11.1. The minimum atomic E-state index is -2.92. The number of halogens is 2. The Bertz CT molecular complexity index is 923. The lowest BCUT2D eigenvalue weighted by Gasteiger charge is -2.07. The number of carbonyl (C=O) groups excluding carboxylic acids is 1. The Hall–Kier alpha value is -3.48. The summed E-state index contributed by atoms with van der Waals surface area (Å²) in [5.41, 5.74) is 2.49. The molecule has 0 saturated carbocycles. The molecule has 0 saturated heterocycles. The molecular weight excluding hydrogens is 364 g/mol. The van der Waals surface area contributed by atoms with Gasteiger partial charge in [0.05, 0.1) is 6.33 Å². The minimum Gasteiger partial charge on any atom is -0.434 e. The van der Waals surface area contributed by atoms with E-state index < -0.39 is 6.61 Å². The van der Waals surface area contributed by atoms with Crippen LogP contribution in [0.3, 0.4) is 0 Å². The number of imidazole rings is 1. The monoisotopic (exact) mass is 383 g/mol. The molecule has 3 rings (SSSR count). The van der Waals surface area contributed by atoms with Crippen LogP contribution in [0.1, 0.15) is 16.7 Å². The van der Waals surface area contributed by atoms with E-state index in [0.29, 0.717) is 12.1 Å². The topological polar surface area (TPSA) is 56.1 Å². The van der Waals surface area contributed by atoms with Crippen molar-refractivity contribution in [2.75, 3.05) is 0 Å². The maximum atomic E-state index is 12.4. The summed E-state index contributed by atoms with van der Waals surface area (Å²) in [6.07, 6.45) is 8.12. The highest BCUT2D eigenvalue weighted by molar-refractivity contribution is 5.92. The van der Waals surface area contributed by atoms with Crippen molar-refractivity contribution in [3.63, 3.8) is 0 Å². The zero-order valence-corrected chi connectivity index (χ0v) is 15.0. The number of rotatable bonds is 8. The molecular formula is C21H19F2N3O2. The van der Waals surface area contributed by atoms with E-state index in [1.165, 1.54) is 18.2 Å². The van der Waals surface area contributed by atoms with Gasteiger partial charge < -0.3 is 14.6 Å². The van der Waals surface area contributed by atoms with Crippen LogP contribution in [0.5, 0.6) is 5.75 Å². The lowest BCUT2D eigenvalue weighted by Crippen LogP contribution is -2.20. The second-order valence-electron chi connectivity index (χ2n) is 6.02. The van der Waals surface area contributed by atoms with Crippen molar-refractivity contribution in [2.45, 2.75) is 19.7 Å². The molecule has 1 aromatic heterocycles. The van der Waals surface area contributed by atoms with E-state index in [1.807, 2.05) is 35.0 Å². The van der Waals surface area contributed by atoms with E-state index in [9.17, 15) is 13.6 Å². The van der Waals surface area contributed by atoms with Gasteiger partial charge in [-0.05, 0) is 23.3 Å². The third kappa shape index (κ3) is 5.77. The van der Waals surface area contributed by atoms with Gasteiger partial charge in [0.25, 0.3) is 0 Å². The highest BCUT2D eigenvalue weighted by atomic mass is 19.3. The van der Waals surface area contributed by atoms with E-state index >= 15 is 0 Å². The number of hydrogen-bond donors (Lipinski definition) is 1. The SMILES string of the molecule is O=C(/C=C/c1ccccc1OC(F)F)NCc1ccc(Cn2ccnc2)cc1. The van der Waals surface area contributed by atoms with Gasteiger partial charge in [-0.15, -0.1) is 0 Å². The number of carbonyl (C=O) groups is 1. The molecule has 0 unspecified atom stereocenters. The van der Waals surface area contributed by atoms with Crippen LogP contribution in [-0.4, -0.2) is 22.1 Å². The van der Waals surface area contributed by atoms with Crippen LogP contribution in [0.2, 0.25) is 0 Å². The van der Waals surface area contributed by atoms with Gasteiger partial charge in [-0.2, -0.15) is 8.78 Å². The van der Waals surface area contributed by atoms with E-state index in [2.05, 4.69) is 15.0 Å². The summed E-state index contributed by atoms with van der Waals surface area (Å²) in [7, 11) is 0. The maximum absolute atomic E-state index is 12.4. The largest absolute Gasteiger partial charge is 0.434 e. The number of nitrogens with zero attached hydrogens (tertiary/aromatic N) is 2. The van der Waals surface area contributed by atoms with Crippen molar-refractivity contribution in [3.05, 3.63) is 90.0 Å². The van der Waals surface area contributed by atoms with E-state index in [0.717, 1.165) is 17.7 Å². The molecule has 0 aliphatic heterocycles. The van der Waals surface area contributed by atoms with Crippen molar-refractivity contribution < 1.29 is 18.3 Å². The van der Waals surface area contributed by atoms with E-state index in [1.54, 1.807) is 30.7 Å². The first-order valence-electron chi connectivity index (χ1n) is 8.63. The van der Waals surface area contributed by atoms with Crippen molar-refractivity contribution in [1.29, 1.82) is 0 Å². The lowest BCUT2D eigenvalue weighted by molar-refractivity contribution is -0.116. The fraction of sp³-hybridized carbons (Fsp3) is 0.143. The quantitative estimate of drug-likeness (QED) is 0.601. The highest BCUT2D eigenvalue weighted by Gasteiger charge is 2.07. The number of ether oxygens (including phenoxy) is 1. The first kappa shape index (κ1) is 19.3. The zero-order valence-electron chi connectivity index (χ0n) is 15.0. The summed E-state index contributed by atoms with van der Waals surface area (Å²) >= 11 is 0. The van der Waals surface area contributed by atoms with Crippen LogP contribution >= 0.6 is 0 Å². The van der Waals surface area contributed by atoms with Crippen molar-refractivity contribution in [3.8, 4) is 5.75 Å². The molecule has 1 heterocycles. The van der Waals surface area contributed by atoms with Gasteiger partial charge in [-0.25, -0.2) is 4.98 Å². The first-order valence-corrected chi connectivity index (χ1v) is 8.63. The molecule has 5 nitrogen and oxygen atoms in total. The zero-order chi connectivity index (χ0) is 19.8. The molecule has 0 spiro atoms. The Balaban J connectivity index is 1.52. The molecule has 0 fully saturated rings. The summed E-state index contributed by atoms with van der Waals surface area (Å²) in [5, 5.41) is 2.76. The standard InChI is InChI=1S/C21H19F2N3O2/c22-21(23)28-19-4-2-1-3-18(19)9-10-20(27)25-13-16-5-7-17(8-6-16)14-26-12-11-24-15-26/h1-12,15,21H,13-14H2,(H,25,27)/b10-9+. The third-order valence-electron chi connectivity index (χ3n) is 3.96. The Labute approximate surface area is 161 Å². The smallest absolute Gasteiger partial charge is 0.387 e. The first-order chi connectivity index (χ1) is 13.6. The van der Waals surface area contributed by atoms with Gasteiger partial charge in [0.1, 0.15) is 5.75 Å². The average molecular weight is 383 g/mol. The average Bonchev–Trinajstić information content (AvgIpc) is 3.19. The van der Waals surface area contributed by atoms with Gasteiger partial charge in [0.2, 0.25) is 5.91 Å². The molecule has 0 bridgehead atoms. The Kier molecular flexibility index (Phi) is 6.51. The number of aromatic nitrogens is 2. The number of alkyl halides is 2. The fourth-order valence-electron chi connectivity index (χ4n) is 2.59. The summed E-state index contributed by atoms with van der Waals surface area (Å²) < 4.78 is 31.2. The van der Waals surface area contributed by atoms with Gasteiger partial charge in [-0.3, -0.25) is 4.79 Å². The molecule has 7 heteroatoms. The summed E-state index contributed by atoms with van der Waals surface area (Å²) in [5.74, 6) is -0.302. The minimum absolute atomic E-state index is 0.0232. The maximum Gasteiger partial charge on any atom is 0.387 e. The molecule has 144 valence electrons. The predicted molar refractivity (Wildman–Crippen MR) is 102 cm³/mol. The molecule has 3 aromatic rings. The molecule has 28 heavy (non-hydrogen) atoms. The second-order valence-corrected chi connectivity index (χ2v) is 6.02. The van der Waals surface area contributed by atoms with Gasteiger partial charge in [0, 0.05) is 37.1 Å². The molecule has 2 aromatic carbocycles. The lowest BCUT2D eigenvalue weighted by atomic mass is 10.1. The van der Waals surface area contributed by atoms with Crippen LogP contribution in [0.4, 0.5) is 8.78 Å². The van der Waals surface area contributed by atoms with Crippen molar-refractivity contribution >= 4 is 12.0 Å². The van der Waals surface area contributed by atoms with Gasteiger partial charge in [-0.1, -0.05) is 42.5 Å².